The van der Waals surface area contributed by atoms with Gasteiger partial charge in [-0.2, -0.15) is 13.2 Å². The average molecular weight is 336 g/mol. The van der Waals surface area contributed by atoms with Crippen LogP contribution in [0.4, 0.5) is 22.0 Å². The Morgan fingerprint density at radius 2 is 1.75 bits per heavy atom. The lowest BCUT2D eigenvalue weighted by Gasteiger charge is -2.40. The summed E-state index contributed by atoms with van der Waals surface area (Å²) < 4.78 is 63.7. The maximum absolute atomic E-state index is 13.7. The molecule has 0 bridgehead atoms. The zero-order valence-electron chi connectivity index (χ0n) is 10.1. The van der Waals surface area contributed by atoms with Crippen molar-refractivity contribution < 1.29 is 22.0 Å². The second-order valence-corrected chi connectivity index (χ2v) is 5.14. The quantitative estimate of drug-likeness (QED) is 0.619. The number of nitrogens with two attached hydrogens (primary N) is 1. The van der Waals surface area contributed by atoms with E-state index in [0.717, 1.165) is 12.1 Å². The van der Waals surface area contributed by atoms with Gasteiger partial charge in [0.1, 0.15) is 16.7 Å². The first-order chi connectivity index (χ1) is 8.71. The fourth-order valence-electron chi connectivity index (χ4n) is 2.27. The van der Waals surface area contributed by atoms with E-state index in [9.17, 15) is 22.0 Å². The van der Waals surface area contributed by atoms with Crippen molar-refractivity contribution in [3.63, 3.8) is 0 Å². The molecule has 0 unspecified atom stereocenters. The molecule has 114 valence electrons. The van der Waals surface area contributed by atoms with Crippen molar-refractivity contribution in [2.75, 3.05) is 0 Å². The van der Waals surface area contributed by atoms with Gasteiger partial charge in [0.15, 0.2) is 0 Å². The Morgan fingerprint density at radius 3 is 2.25 bits per heavy atom. The van der Waals surface area contributed by atoms with Crippen LogP contribution in [-0.2, 0) is 0 Å². The zero-order chi connectivity index (χ0) is 14.4. The lowest BCUT2D eigenvalue weighted by Crippen LogP contribution is -2.40. The molecule has 2 rings (SSSR count). The van der Waals surface area contributed by atoms with Crippen LogP contribution in [0.3, 0.4) is 0 Å². The van der Waals surface area contributed by atoms with Crippen LogP contribution in [0.2, 0.25) is 5.02 Å². The number of alkyl halides is 3. The van der Waals surface area contributed by atoms with Gasteiger partial charge in [-0.1, -0.05) is 17.7 Å². The molecule has 2 N–H and O–H groups in total. The molecule has 1 atom stereocenters. The van der Waals surface area contributed by atoms with Crippen LogP contribution < -0.4 is 5.73 Å². The van der Waals surface area contributed by atoms with Crippen molar-refractivity contribution in [2.45, 2.75) is 25.1 Å². The number of hydrogen-bond donors (Lipinski definition) is 1. The van der Waals surface area contributed by atoms with Gasteiger partial charge >= 0.3 is 6.18 Å². The first kappa shape index (κ1) is 17.5. The van der Waals surface area contributed by atoms with Crippen LogP contribution in [0.25, 0.3) is 0 Å². The summed E-state index contributed by atoms with van der Waals surface area (Å²) in [6.07, 6.45) is -4.52. The van der Waals surface area contributed by atoms with Gasteiger partial charge in [-0.25, -0.2) is 8.78 Å². The Bertz CT molecular complexity index is 485. The van der Waals surface area contributed by atoms with Gasteiger partial charge in [0.2, 0.25) is 0 Å². The Morgan fingerprint density at radius 1 is 1.20 bits per heavy atom. The molecule has 0 amide bonds. The van der Waals surface area contributed by atoms with Crippen LogP contribution in [-0.4, -0.2) is 6.18 Å². The highest BCUT2D eigenvalue weighted by atomic mass is 35.5. The van der Waals surface area contributed by atoms with Gasteiger partial charge in [0.05, 0.1) is 5.92 Å². The van der Waals surface area contributed by atoms with Crippen molar-refractivity contribution in [1.82, 2.24) is 0 Å². The number of rotatable bonds is 2. The smallest absolute Gasteiger partial charge is 0.324 e. The van der Waals surface area contributed by atoms with E-state index in [0.29, 0.717) is 0 Å². The molecule has 1 aliphatic carbocycles. The van der Waals surface area contributed by atoms with Gasteiger partial charge < -0.3 is 5.73 Å². The van der Waals surface area contributed by atoms with E-state index in [1.54, 1.807) is 0 Å². The van der Waals surface area contributed by atoms with Crippen LogP contribution >= 0.6 is 24.0 Å². The van der Waals surface area contributed by atoms with Crippen LogP contribution in [0.5, 0.6) is 0 Å². The molecule has 0 saturated heterocycles. The molecule has 8 heteroatoms. The lowest BCUT2D eigenvalue weighted by molar-refractivity contribution is -0.206. The van der Waals surface area contributed by atoms with Crippen molar-refractivity contribution in [3.8, 4) is 0 Å². The van der Waals surface area contributed by atoms with Crippen LogP contribution in [0.15, 0.2) is 12.1 Å². The highest BCUT2D eigenvalue weighted by Crippen LogP contribution is 2.49. The normalized spacial score (nSPS) is 23.8. The molecule has 0 heterocycles. The minimum Gasteiger partial charge on any atom is -0.324 e. The molecule has 20 heavy (non-hydrogen) atoms. The SMILES string of the molecule is Cl.N[C@H](c1ccc(F)c(Cl)c1F)[C@H]1C[C@H](C(F)(F)F)C1. The molecule has 1 saturated carbocycles. The molecule has 1 aromatic carbocycles. The second kappa shape index (κ2) is 6.03. The Labute approximate surface area is 123 Å². The van der Waals surface area contributed by atoms with E-state index in [2.05, 4.69) is 0 Å². The summed E-state index contributed by atoms with van der Waals surface area (Å²) in [4.78, 5) is 0. The molecule has 0 spiro atoms. The van der Waals surface area contributed by atoms with E-state index in [1.807, 2.05) is 0 Å². The standard InChI is InChI=1S/C12H11ClF5N.ClH/c13-9-8(14)2-1-7(10(9)15)11(19)5-3-6(4-5)12(16,17)18;/h1-2,5-6,11H,3-4,19H2;1H/t5-,6-,11-;/m0./s1. The predicted molar refractivity (Wildman–Crippen MR) is 67.8 cm³/mol. The van der Waals surface area contributed by atoms with Gasteiger partial charge in [-0.15, -0.1) is 12.4 Å². The molecular formula is C12H12Cl2F5N. The first-order valence-corrected chi connectivity index (χ1v) is 6.05. The third kappa shape index (κ3) is 3.18. The Hall–Kier alpha value is -0.590. The van der Waals surface area contributed by atoms with Gasteiger partial charge in [0.25, 0.3) is 0 Å². The summed E-state index contributed by atoms with van der Waals surface area (Å²) in [6.45, 7) is 0. The van der Waals surface area contributed by atoms with Crippen molar-refractivity contribution in [2.24, 2.45) is 17.6 Å². The highest BCUT2D eigenvalue weighted by molar-refractivity contribution is 6.30. The molecule has 1 aromatic rings. The van der Waals surface area contributed by atoms with E-state index in [4.69, 9.17) is 17.3 Å². The highest BCUT2D eigenvalue weighted by Gasteiger charge is 2.49. The Balaban J connectivity index is 0.00000200. The molecule has 1 fully saturated rings. The summed E-state index contributed by atoms with van der Waals surface area (Å²) >= 11 is 5.41. The largest absolute Gasteiger partial charge is 0.391 e. The first-order valence-electron chi connectivity index (χ1n) is 5.67. The molecule has 0 aromatic heterocycles. The summed E-state index contributed by atoms with van der Waals surface area (Å²) in [6, 6.07) is 1.18. The van der Waals surface area contributed by atoms with E-state index >= 15 is 0 Å². The van der Waals surface area contributed by atoms with Gasteiger partial charge in [-0.05, 0) is 24.8 Å². The molecule has 0 aliphatic heterocycles. The predicted octanol–water partition coefficient (Wildman–Crippen LogP) is 4.63. The Kier molecular flexibility index (Phi) is 5.27. The van der Waals surface area contributed by atoms with Crippen LogP contribution in [0, 0.1) is 23.5 Å². The maximum Gasteiger partial charge on any atom is 0.391 e. The minimum atomic E-state index is -4.24. The molecule has 1 nitrogen and oxygen atoms in total. The van der Waals surface area contributed by atoms with Crippen molar-refractivity contribution in [1.29, 1.82) is 0 Å². The minimum absolute atomic E-state index is 0. The fraction of sp³-hybridized carbons (Fsp3) is 0.500. The summed E-state index contributed by atoms with van der Waals surface area (Å²) in [5.41, 5.74) is 5.69. The number of benzene rings is 1. The third-order valence-electron chi connectivity index (χ3n) is 3.57. The molecule has 0 radical (unpaired) electrons. The second-order valence-electron chi connectivity index (χ2n) is 4.76. The summed E-state index contributed by atoms with van der Waals surface area (Å²) in [7, 11) is 0. The molecule has 1 aliphatic rings. The lowest BCUT2D eigenvalue weighted by atomic mass is 9.69. The molecular weight excluding hydrogens is 324 g/mol. The van der Waals surface area contributed by atoms with E-state index in [-0.39, 0.29) is 30.8 Å². The van der Waals surface area contributed by atoms with Crippen LogP contribution in [0.1, 0.15) is 24.4 Å². The third-order valence-corrected chi connectivity index (χ3v) is 3.92. The van der Waals surface area contributed by atoms with Crippen molar-refractivity contribution in [3.05, 3.63) is 34.4 Å². The topological polar surface area (TPSA) is 26.0 Å². The number of hydrogen-bond acceptors (Lipinski definition) is 1. The zero-order valence-corrected chi connectivity index (χ0v) is 11.6. The summed E-state index contributed by atoms with van der Waals surface area (Å²) in [5, 5.41) is -0.681. The average Bonchev–Trinajstić information content (AvgIpc) is 2.21. The van der Waals surface area contributed by atoms with Gasteiger partial charge in [0, 0.05) is 11.6 Å². The van der Waals surface area contributed by atoms with E-state index < -0.39 is 40.7 Å². The monoisotopic (exact) mass is 335 g/mol. The summed E-state index contributed by atoms with van der Waals surface area (Å²) in [5.74, 6) is -3.77. The van der Waals surface area contributed by atoms with Gasteiger partial charge in [-0.3, -0.25) is 0 Å². The van der Waals surface area contributed by atoms with E-state index in [1.165, 1.54) is 0 Å². The number of halogens is 7. The maximum atomic E-state index is 13.7. The fourth-order valence-corrected chi connectivity index (χ4v) is 2.45. The van der Waals surface area contributed by atoms with Crippen molar-refractivity contribution >= 4 is 24.0 Å².